The minimum atomic E-state index is -0.250. The molecule has 82 valence electrons. The first kappa shape index (κ1) is 10.4. The SMILES string of the molecule is CC1CC(N)CCN1c1ccncc1F. The standard InChI is InChI=1S/C11H16FN3/c1-8-6-9(13)3-5-15(8)11-2-4-14-7-10(11)12/h2,4,7-9H,3,5-6,13H2,1H3. The first-order valence-corrected chi connectivity index (χ1v) is 5.30. The molecule has 2 atom stereocenters. The smallest absolute Gasteiger partial charge is 0.164 e. The first-order chi connectivity index (χ1) is 7.18. The van der Waals surface area contributed by atoms with Crippen molar-refractivity contribution in [3.05, 3.63) is 24.3 Å². The van der Waals surface area contributed by atoms with E-state index < -0.39 is 0 Å². The molecule has 2 rings (SSSR count). The molecule has 3 nitrogen and oxygen atoms in total. The molecule has 1 aromatic rings. The quantitative estimate of drug-likeness (QED) is 0.762. The van der Waals surface area contributed by atoms with Gasteiger partial charge < -0.3 is 10.6 Å². The zero-order valence-electron chi connectivity index (χ0n) is 8.86. The Bertz CT molecular complexity index is 342. The Balaban J connectivity index is 2.20. The molecule has 4 heteroatoms. The average Bonchev–Trinajstić information content (AvgIpc) is 2.20. The van der Waals surface area contributed by atoms with Gasteiger partial charge in [-0.25, -0.2) is 4.39 Å². The molecule has 1 aliphatic rings. The number of aromatic nitrogens is 1. The maximum atomic E-state index is 13.5. The highest BCUT2D eigenvalue weighted by Crippen LogP contribution is 2.25. The Labute approximate surface area is 89.1 Å². The van der Waals surface area contributed by atoms with E-state index in [1.165, 1.54) is 6.20 Å². The molecular weight excluding hydrogens is 193 g/mol. The molecule has 2 unspecified atom stereocenters. The van der Waals surface area contributed by atoms with E-state index in [1.807, 2.05) is 0 Å². The minimum absolute atomic E-state index is 0.250. The molecule has 0 spiro atoms. The van der Waals surface area contributed by atoms with Gasteiger partial charge in [0, 0.05) is 24.8 Å². The third kappa shape index (κ3) is 2.09. The zero-order valence-corrected chi connectivity index (χ0v) is 8.86. The van der Waals surface area contributed by atoms with Crippen LogP contribution in [0.3, 0.4) is 0 Å². The van der Waals surface area contributed by atoms with Crippen LogP contribution in [-0.2, 0) is 0 Å². The van der Waals surface area contributed by atoms with Crippen LogP contribution in [0.5, 0.6) is 0 Å². The summed E-state index contributed by atoms with van der Waals surface area (Å²) in [6, 6.07) is 2.27. The fourth-order valence-electron chi connectivity index (χ4n) is 2.17. The predicted molar refractivity (Wildman–Crippen MR) is 58.2 cm³/mol. The molecule has 0 amide bonds. The maximum absolute atomic E-state index is 13.5. The number of nitrogens with two attached hydrogens (primary N) is 1. The van der Waals surface area contributed by atoms with Crippen molar-refractivity contribution >= 4 is 5.69 Å². The van der Waals surface area contributed by atoms with Crippen LogP contribution in [0.15, 0.2) is 18.5 Å². The summed E-state index contributed by atoms with van der Waals surface area (Å²) in [6.45, 7) is 2.90. The molecule has 1 saturated heterocycles. The van der Waals surface area contributed by atoms with E-state index in [0.29, 0.717) is 11.7 Å². The van der Waals surface area contributed by atoms with Gasteiger partial charge in [-0.2, -0.15) is 0 Å². The van der Waals surface area contributed by atoms with Crippen LogP contribution in [0.4, 0.5) is 10.1 Å². The van der Waals surface area contributed by atoms with E-state index in [2.05, 4.69) is 16.8 Å². The van der Waals surface area contributed by atoms with Crippen molar-refractivity contribution in [1.82, 2.24) is 4.98 Å². The predicted octanol–water partition coefficient (Wildman–Crippen LogP) is 1.54. The van der Waals surface area contributed by atoms with Gasteiger partial charge in [0.1, 0.15) is 0 Å². The van der Waals surface area contributed by atoms with Crippen molar-refractivity contribution in [1.29, 1.82) is 0 Å². The third-order valence-electron chi connectivity index (χ3n) is 2.98. The van der Waals surface area contributed by atoms with Crippen molar-refractivity contribution < 1.29 is 4.39 Å². The molecule has 1 fully saturated rings. The van der Waals surface area contributed by atoms with Crippen molar-refractivity contribution in [2.24, 2.45) is 5.73 Å². The van der Waals surface area contributed by atoms with Crippen LogP contribution >= 0.6 is 0 Å². The van der Waals surface area contributed by atoms with Gasteiger partial charge in [0.2, 0.25) is 0 Å². The Hall–Kier alpha value is -1.16. The lowest BCUT2D eigenvalue weighted by Crippen LogP contribution is -2.46. The summed E-state index contributed by atoms with van der Waals surface area (Å²) in [5.41, 5.74) is 6.51. The number of rotatable bonds is 1. The summed E-state index contributed by atoms with van der Waals surface area (Å²) in [7, 11) is 0. The van der Waals surface area contributed by atoms with Crippen LogP contribution in [0.1, 0.15) is 19.8 Å². The van der Waals surface area contributed by atoms with Crippen LogP contribution in [0.25, 0.3) is 0 Å². The van der Waals surface area contributed by atoms with Gasteiger partial charge in [-0.1, -0.05) is 0 Å². The Morgan fingerprint density at radius 3 is 3.07 bits per heavy atom. The van der Waals surface area contributed by atoms with E-state index in [-0.39, 0.29) is 11.9 Å². The van der Waals surface area contributed by atoms with Gasteiger partial charge in [-0.3, -0.25) is 4.98 Å². The summed E-state index contributed by atoms with van der Waals surface area (Å²) in [6.07, 6.45) is 4.73. The fraction of sp³-hybridized carbons (Fsp3) is 0.545. The van der Waals surface area contributed by atoms with E-state index in [9.17, 15) is 4.39 Å². The lowest BCUT2D eigenvalue weighted by atomic mass is 9.98. The highest BCUT2D eigenvalue weighted by Gasteiger charge is 2.24. The summed E-state index contributed by atoms with van der Waals surface area (Å²) in [5, 5.41) is 0. The number of pyridine rings is 1. The van der Waals surface area contributed by atoms with Gasteiger partial charge >= 0.3 is 0 Å². The second kappa shape index (κ2) is 4.14. The number of anilines is 1. The van der Waals surface area contributed by atoms with Crippen LogP contribution < -0.4 is 10.6 Å². The number of nitrogens with zero attached hydrogens (tertiary/aromatic N) is 2. The number of hydrogen-bond acceptors (Lipinski definition) is 3. The summed E-state index contributed by atoms with van der Waals surface area (Å²) >= 11 is 0. The molecule has 0 bridgehead atoms. The van der Waals surface area contributed by atoms with Crippen molar-refractivity contribution in [3.8, 4) is 0 Å². The minimum Gasteiger partial charge on any atom is -0.366 e. The molecule has 0 aromatic carbocycles. The van der Waals surface area contributed by atoms with Gasteiger partial charge in [0.25, 0.3) is 0 Å². The topological polar surface area (TPSA) is 42.1 Å². The van der Waals surface area contributed by atoms with Crippen molar-refractivity contribution in [3.63, 3.8) is 0 Å². The number of piperidine rings is 1. The molecular formula is C11H16FN3. The molecule has 1 aromatic heterocycles. The highest BCUT2D eigenvalue weighted by atomic mass is 19.1. The Morgan fingerprint density at radius 2 is 2.40 bits per heavy atom. The molecule has 0 saturated carbocycles. The molecule has 0 radical (unpaired) electrons. The van der Waals surface area contributed by atoms with Crippen LogP contribution in [-0.4, -0.2) is 23.6 Å². The molecule has 0 aliphatic carbocycles. The number of halogens is 1. The van der Waals surface area contributed by atoms with Crippen molar-refractivity contribution in [2.75, 3.05) is 11.4 Å². The van der Waals surface area contributed by atoms with E-state index >= 15 is 0 Å². The third-order valence-corrected chi connectivity index (χ3v) is 2.98. The normalized spacial score (nSPS) is 26.7. The maximum Gasteiger partial charge on any atom is 0.164 e. The van der Waals surface area contributed by atoms with E-state index in [1.54, 1.807) is 12.3 Å². The van der Waals surface area contributed by atoms with Crippen LogP contribution in [0.2, 0.25) is 0 Å². The fourth-order valence-corrected chi connectivity index (χ4v) is 2.17. The van der Waals surface area contributed by atoms with Gasteiger partial charge in [0.15, 0.2) is 5.82 Å². The molecule has 15 heavy (non-hydrogen) atoms. The monoisotopic (exact) mass is 209 g/mol. The largest absolute Gasteiger partial charge is 0.366 e. The highest BCUT2D eigenvalue weighted by molar-refractivity contribution is 5.47. The van der Waals surface area contributed by atoms with Gasteiger partial charge in [0.05, 0.1) is 11.9 Å². The lowest BCUT2D eigenvalue weighted by Gasteiger charge is -2.38. The first-order valence-electron chi connectivity index (χ1n) is 5.30. The van der Waals surface area contributed by atoms with E-state index in [0.717, 1.165) is 19.4 Å². The summed E-state index contributed by atoms with van der Waals surface area (Å²) < 4.78 is 13.5. The zero-order chi connectivity index (χ0) is 10.8. The molecule has 1 aliphatic heterocycles. The van der Waals surface area contributed by atoms with Gasteiger partial charge in [-0.15, -0.1) is 0 Å². The average molecular weight is 209 g/mol. The second-order valence-corrected chi connectivity index (χ2v) is 4.15. The second-order valence-electron chi connectivity index (χ2n) is 4.15. The Kier molecular flexibility index (Phi) is 2.86. The number of hydrogen-bond donors (Lipinski definition) is 1. The van der Waals surface area contributed by atoms with Crippen molar-refractivity contribution in [2.45, 2.75) is 31.8 Å². The Morgan fingerprint density at radius 1 is 1.60 bits per heavy atom. The van der Waals surface area contributed by atoms with Crippen LogP contribution in [0, 0.1) is 5.82 Å². The molecule has 2 N–H and O–H groups in total. The summed E-state index contributed by atoms with van der Waals surface area (Å²) in [4.78, 5) is 5.82. The van der Waals surface area contributed by atoms with Gasteiger partial charge in [-0.05, 0) is 25.8 Å². The summed E-state index contributed by atoms with van der Waals surface area (Å²) in [5.74, 6) is -0.250. The molecule has 2 heterocycles. The lowest BCUT2D eigenvalue weighted by molar-refractivity contribution is 0.424. The van der Waals surface area contributed by atoms with E-state index in [4.69, 9.17) is 5.73 Å².